The lowest BCUT2D eigenvalue weighted by Gasteiger charge is -2.18. The van der Waals surface area contributed by atoms with E-state index >= 15 is 0 Å². The summed E-state index contributed by atoms with van der Waals surface area (Å²) in [5.74, 6) is 0. The van der Waals surface area contributed by atoms with Crippen LogP contribution in [0.25, 0.3) is 0 Å². The molecule has 0 fully saturated rings. The van der Waals surface area contributed by atoms with Crippen molar-refractivity contribution in [3.63, 3.8) is 0 Å². The number of hydrogen-bond donors (Lipinski definition) is 1. The van der Waals surface area contributed by atoms with Gasteiger partial charge in [0.1, 0.15) is 0 Å². The van der Waals surface area contributed by atoms with Gasteiger partial charge in [0.05, 0.1) is 11.1 Å². The predicted octanol–water partition coefficient (Wildman–Crippen LogP) is 5.21. The van der Waals surface area contributed by atoms with Crippen LogP contribution in [0.2, 0.25) is 5.02 Å². The van der Waals surface area contributed by atoms with E-state index in [1.54, 1.807) is 0 Å². The molecule has 0 aliphatic carbocycles. The van der Waals surface area contributed by atoms with Gasteiger partial charge >= 0.3 is 0 Å². The number of hydrogen-bond acceptors (Lipinski definition) is 1. The van der Waals surface area contributed by atoms with Gasteiger partial charge in [-0.1, -0.05) is 55.3 Å². The maximum absolute atomic E-state index is 6.25. The van der Waals surface area contributed by atoms with Gasteiger partial charge < -0.3 is 5.32 Å². The van der Waals surface area contributed by atoms with Gasteiger partial charge in [-0.15, -0.1) is 0 Å². The van der Waals surface area contributed by atoms with Crippen molar-refractivity contribution >= 4 is 34.2 Å². The van der Waals surface area contributed by atoms with Gasteiger partial charge in [-0.2, -0.15) is 0 Å². The van der Waals surface area contributed by atoms with E-state index in [4.69, 9.17) is 11.6 Å². The number of nitrogens with one attached hydrogen (secondary N) is 1. The van der Waals surface area contributed by atoms with Gasteiger partial charge in [0.15, 0.2) is 0 Å². The zero-order valence-electron chi connectivity index (χ0n) is 11.8. The van der Waals surface area contributed by atoms with Gasteiger partial charge in [-0.3, -0.25) is 0 Å². The topological polar surface area (TPSA) is 12.0 Å². The van der Waals surface area contributed by atoms with Crippen molar-refractivity contribution in [1.82, 2.24) is 5.32 Å². The lowest BCUT2D eigenvalue weighted by atomic mass is 9.96. The minimum Gasteiger partial charge on any atom is -0.309 e. The molecule has 1 atom stereocenters. The number of aryl methyl sites for hydroxylation is 1. The molecule has 2 aromatic rings. The van der Waals surface area contributed by atoms with Crippen molar-refractivity contribution in [1.29, 1.82) is 0 Å². The number of halogens is 2. The molecule has 0 bridgehead atoms. The molecule has 1 nitrogen and oxygen atoms in total. The molecule has 0 amide bonds. The zero-order valence-corrected chi connectivity index (χ0v) is 14.7. The van der Waals surface area contributed by atoms with E-state index in [0.29, 0.717) is 0 Å². The summed E-state index contributed by atoms with van der Waals surface area (Å²) < 4.78 is 1.09. The first-order valence-corrected chi connectivity index (χ1v) is 8.32. The van der Waals surface area contributed by atoms with Crippen LogP contribution in [0.4, 0.5) is 0 Å². The summed E-state index contributed by atoms with van der Waals surface area (Å²) in [6.45, 7) is 2.21. The average Bonchev–Trinajstić information content (AvgIpc) is 2.44. The largest absolute Gasteiger partial charge is 0.309 e. The summed E-state index contributed by atoms with van der Waals surface area (Å²) >= 11 is 8.50. The number of rotatable bonds is 5. The summed E-state index contributed by atoms with van der Waals surface area (Å²) in [4.78, 5) is 0. The van der Waals surface area contributed by atoms with Gasteiger partial charge in [-0.25, -0.2) is 0 Å². The Morgan fingerprint density at radius 3 is 2.55 bits per heavy atom. The predicted molar refractivity (Wildman–Crippen MR) is 95.5 cm³/mol. The minimum atomic E-state index is 0.182. The maximum Gasteiger partial charge on any atom is 0.0574 e. The van der Waals surface area contributed by atoms with Crippen molar-refractivity contribution in [2.75, 3.05) is 7.05 Å². The zero-order chi connectivity index (χ0) is 14.5. The Labute approximate surface area is 139 Å². The third kappa shape index (κ3) is 3.74. The highest BCUT2D eigenvalue weighted by molar-refractivity contribution is 14.1. The van der Waals surface area contributed by atoms with E-state index in [-0.39, 0.29) is 6.04 Å². The highest BCUT2D eigenvalue weighted by Crippen LogP contribution is 2.27. The third-order valence-corrected chi connectivity index (χ3v) is 4.96. The summed E-state index contributed by atoms with van der Waals surface area (Å²) in [7, 11) is 1.99. The molecule has 0 aliphatic rings. The van der Waals surface area contributed by atoms with Crippen molar-refractivity contribution in [3.8, 4) is 0 Å². The molecule has 0 aromatic heterocycles. The summed E-state index contributed by atoms with van der Waals surface area (Å²) in [6.07, 6.45) is 2.29. The minimum absolute atomic E-state index is 0.182. The van der Waals surface area contributed by atoms with Crippen molar-refractivity contribution in [3.05, 3.63) is 67.7 Å². The second kappa shape index (κ2) is 7.43. The first kappa shape index (κ1) is 15.8. The van der Waals surface area contributed by atoms with Crippen molar-refractivity contribution in [2.45, 2.75) is 25.8 Å². The van der Waals surface area contributed by atoms with Gasteiger partial charge in [0.2, 0.25) is 0 Å². The van der Waals surface area contributed by atoms with Crippen LogP contribution in [0.15, 0.2) is 42.5 Å². The van der Waals surface area contributed by atoms with Crippen LogP contribution in [0.3, 0.4) is 0 Å². The molecule has 2 aromatic carbocycles. The molecule has 0 saturated carbocycles. The summed E-state index contributed by atoms with van der Waals surface area (Å²) in [5, 5.41) is 4.20. The molecular weight excluding hydrogens is 381 g/mol. The van der Waals surface area contributed by atoms with Crippen LogP contribution in [0, 0.1) is 3.57 Å². The van der Waals surface area contributed by atoms with Crippen molar-refractivity contribution < 1.29 is 0 Å². The average molecular weight is 400 g/mol. The molecule has 0 radical (unpaired) electrons. The molecule has 0 spiro atoms. The fourth-order valence-electron chi connectivity index (χ4n) is 2.43. The van der Waals surface area contributed by atoms with Crippen LogP contribution in [0.1, 0.15) is 36.1 Å². The Hall–Kier alpha value is -0.580. The summed E-state index contributed by atoms with van der Waals surface area (Å²) in [6, 6.07) is 15.2. The lowest BCUT2D eigenvalue weighted by Crippen LogP contribution is -2.17. The second-order valence-corrected chi connectivity index (χ2v) is 6.46. The molecular formula is C17H19ClIN. The molecule has 106 valence electrons. The van der Waals surface area contributed by atoms with Crippen LogP contribution >= 0.6 is 34.2 Å². The highest BCUT2D eigenvalue weighted by Gasteiger charge is 2.13. The molecule has 2 rings (SSSR count). The fourth-order valence-corrected chi connectivity index (χ4v) is 2.96. The monoisotopic (exact) mass is 399 g/mol. The standard InChI is InChI=1S/C17H19ClIN/c1-3-5-12-6-4-7-13(10-12)17(20-2)14-8-9-16(19)15(18)11-14/h4,6-11,17,20H,3,5H2,1-2H3. The first-order valence-electron chi connectivity index (χ1n) is 6.86. The lowest BCUT2D eigenvalue weighted by molar-refractivity contribution is 0.690. The summed E-state index contributed by atoms with van der Waals surface area (Å²) in [5.41, 5.74) is 3.88. The second-order valence-electron chi connectivity index (χ2n) is 4.89. The van der Waals surface area contributed by atoms with Gasteiger partial charge in [-0.05, 0) is 64.9 Å². The van der Waals surface area contributed by atoms with Crippen LogP contribution in [0.5, 0.6) is 0 Å². The molecule has 1 N–H and O–H groups in total. The molecule has 3 heteroatoms. The van der Waals surface area contributed by atoms with Crippen LogP contribution in [-0.4, -0.2) is 7.05 Å². The molecule has 0 saturated heterocycles. The molecule has 20 heavy (non-hydrogen) atoms. The van der Waals surface area contributed by atoms with E-state index in [2.05, 4.69) is 77.3 Å². The highest BCUT2D eigenvalue weighted by atomic mass is 127. The van der Waals surface area contributed by atoms with Gasteiger partial charge in [0.25, 0.3) is 0 Å². The Morgan fingerprint density at radius 1 is 1.15 bits per heavy atom. The van der Waals surface area contributed by atoms with Crippen LogP contribution in [-0.2, 0) is 6.42 Å². The SMILES string of the molecule is CCCc1cccc(C(NC)c2ccc(I)c(Cl)c2)c1. The van der Waals surface area contributed by atoms with Crippen molar-refractivity contribution in [2.24, 2.45) is 0 Å². The fraction of sp³-hybridized carbons (Fsp3) is 0.294. The maximum atomic E-state index is 6.25. The molecule has 0 heterocycles. The van der Waals surface area contributed by atoms with Gasteiger partial charge in [0, 0.05) is 3.57 Å². The third-order valence-electron chi connectivity index (χ3n) is 3.39. The number of benzene rings is 2. The normalized spacial score (nSPS) is 12.4. The Balaban J connectivity index is 2.36. The smallest absolute Gasteiger partial charge is 0.0574 e. The van der Waals surface area contributed by atoms with E-state index in [0.717, 1.165) is 15.0 Å². The first-order chi connectivity index (χ1) is 9.65. The molecule has 0 aliphatic heterocycles. The quantitative estimate of drug-likeness (QED) is 0.681. The Kier molecular flexibility index (Phi) is 5.87. The van der Waals surface area contributed by atoms with E-state index in [1.165, 1.54) is 23.1 Å². The Bertz CT molecular complexity index is 583. The van der Waals surface area contributed by atoms with E-state index in [1.807, 2.05) is 7.05 Å². The Morgan fingerprint density at radius 2 is 1.90 bits per heavy atom. The van der Waals surface area contributed by atoms with E-state index < -0.39 is 0 Å². The van der Waals surface area contributed by atoms with E-state index in [9.17, 15) is 0 Å². The van der Waals surface area contributed by atoms with Crippen LogP contribution < -0.4 is 5.32 Å². The molecule has 1 unspecified atom stereocenters.